The number of nitrogens with zero attached hydrogens (tertiary/aromatic N) is 1. The van der Waals surface area contributed by atoms with Gasteiger partial charge in [-0.15, -0.1) is 11.8 Å². The van der Waals surface area contributed by atoms with Crippen molar-refractivity contribution in [3.63, 3.8) is 0 Å². The summed E-state index contributed by atoms with van der Waals surface area (Å²) in [5.74, 6) is 1.14. The summed E-state index contributed by atoms with van der Waals surface area (Å²) >= 11 is 1.95. The van der Waals surface area contributed by atoms with E-state index in [9.17, 15) is 0 Å². The second kappa shape index (κ2) is 6.25. The molecular formula is C11H21NS. The Morgan fingerprint density at radius 3 is 2.38 bits per heavy atom. The van der Waals surface area contributed by atoms with Crippen LogP contribution in [0.5, 0.6) is 0 Å². The van der Waals surface area contributed by atoms with Crippen LogP contribution in [0.1, 0.15) is 41.0 Å². The van der Waals surface area contributed by atoms with E-state index in [4.69, 9.17) is 0 Å². The first kappa shape index (κ1) is 12.8. The van der Waals surface area contributed by atoms with Crippen molar-refractivity contribution in [2.24, 2.45) is 4.99 Å². The van der Waals surface area contributed by atoms with Crippen molar-refractivity contribution in [1.29, 1.82) is 0 Å². The number of hydrogen-bond acceptors (Lipinski definition) is 2. The molecule has 0 amide bonds. The van der Waals surface area contributed by atoms with Crippen LogP contribution in [0.25, 0.3) is 0 Å². The van der Waals surface area contributed by atoms with Crippen molar-refractivity contribution in [3.05, 3.63) is 11.8 Å². The number of hydrogen-bond donors (Lipinski definition) is 0. The molecule has 0 heterocycles. The lowest BCUT2D eigenvalue weighted by Gasteiger charge is -2.21. The van der Waals surface area contributed by atoms with Crippen molar-refractivity contribution < 1.29 is 0 Å². The Hall–Kier alpha value is -0.240. The Labute approximate surface area is 86.7 Å². The summed E-state index contributed by atoms with van der Waals surface area (Å²) in [5.41, 5.74) is 1.25. The fraction of sp³-hybridized carbons (Fsp3) is 0.727. The van der Waals surface area contributed by atoms with Crippen LogP contribution in [0.15, 0.2) is 16.8 Å². The molecule has 76 valence electrons. The monoisotopic (exact) mass is 199 g/mol. The van der Waals surface area contributed by atoms with Crippen LogP contribution in [0.2, 0.25) is 0 Å². The zero-order valence-electron chi connectivity index (χ0n) is 9.42. The summed E-state index contributed by atoms with van der Waals surface area (Å²) in [5, 5.41) is 0. The van der Waals surface area contributed by atoms with Crippen LogP contribution in [-0.2, 0) is 0 Å². The van der Waals surface area contributed by atoms with Gasteiger partial charge < -0.3 is 0 Å². The number of thioether (sulfide) groups is 1. The van der Waals surface area contributed by atoms with Gasteiger partial charge in [0.25, 0.3) is 0 Å². The quantitative estimate of drug-likeness (QED) is 0.612. The molecule has 0 saturated heterocycles. The molecule has 0 aliphatic heterocycles. The van der Waals surface area contributed by atoms with Crippen LogP contribution in [0.4, 0.5) is 0 Å². The lowest BCUT2D eigenvalue weighted by molar-refractivity contribution is 0.808. The maximum atomic E-state index is 4.32. The Bertz CT molecular complexity index is 192. The normalized spacial score (nSPS) is 15.8. The largest absolute Gasteiger partial charge is 0.268 e. The van der Waals surface area contributed by atoms with Gasteiger partial charge in [-0.05, 0) is 32.9 Å². The van der Waals surface area contributed by atoms with Gasteiger partial charge in [0.15, 0.2) is 0 Å². The Morgan fingerprint density at radius 1 is 1.38 bits per heavy atom. The molecule has 0 aromatic rings. The molecule has 0 fully saturated rings. The van der Waals surface area contributed by atoms with Gasteiger partial charge in [0.05, 0.1) is 0 Å². The summed E-state index contributed by atoms with van der Waals surface area (Å²) in [4.78, 5) is 4.32. The van der Waals surface area contributed by atoms with Crippen molar-refractivity contribution in [1.82, 2.24) is 0 Å². The van der Waals surface area contributed by atoms with Crippen LogP contribution in [-0.4, -0.2) is 16.7 Å². The highest BCUT2D eigenvalue weighted by atomic mass is 32.2. The fourth-order valence-corrected chi connectivity index (χ4v) is 1.90. The summed E-state index contributed by atoms with van der Waals surface area (Å²) in [6, 6.07) is 0. The van der Waals surface area contributed by atoms with Crippen LogP contribution in [0, 0.1) is 0 Å². The van der Waals surface area contributed by atoms with E-state index >= 15 is 0 Å². The zero-order chi connectivity index (χ0) is 10.3. The second-order valence-corrected chi connectivity index (χ2v) is 5.38. The molecule has 0 aromatic carbocycles. The van der Waals surface area contributed by atoms with Crippen LogP contribution >= 0.6 is 11.8 Å². The van der Waals surface area contributed by atoms with Gasteiger partial charge in [0.2, 0.25) is 0 Å². The molecule has 0 bridgehead atoms. The number of rotatable bonds is 5. The van der Waals surface area contributed by atoms with Crippen molar-refractivity contribution in [2.45, 2.75) is 45.8 Å². The molecule has 1 unspecified atom stereocenters. The molecule has 13 heavy (non-hydrogen) atoms. The minimum atomic E-state index is 0.209. The minimum Gasteiger partial charge on any atom is -0.268 e. The van der Waals surface area contributed by atoms with Gasteiger partial charge in [0, 0.05) is 17.2 Å². The van der Waals surface area contributed by atoms with Gasteiger partial charge in [-0.2, -0.15) is 0 Å². The van der Waals surface area contributed by atoms with E-state index in [1.807, 2.05) is 18.0 Å². The van der Waals surface area contributed by atoms with E-state index in [1.165, 1.54) is 5.57 Å². The van der Waals surface area contributed by atoms with Gasteiger partial charge >= 0.3 is 0 Å². The number of allylic oxidation sites excluding steroid dienone is 1. The van der Waals surface area contributed by atoms with E-state index in [0.29, 0.717) is 0 Å². The Morgan fingerprint density at radius 2 is 2.00 bits per heavy atom. The number of aliphatic imine (C=N–C) groups is 1. The van der Waals surface area contributed by atoms with E-state index in [1.54, 1.807) is 0 Å². The van der Waals surface area contributed by atoms with Gasteiger partial charge in [-0.1, -0.05) is 19.4 Å². The minimum absolute atomic E-state index is 0.209. The SMILES string of the molecule is CCSC(C)(C=NC=C(C)C)CC. The van der Waals surface area contributed by atoms with Crippen LogP contribution < -0.4 is 0 Å². The molecule has 0 rings (SSSR count). The molecule has 1 nitrogen and oxygen atoms in total. The average molecular weight is 199 g/mol. The molecule has 2 heteroatoms. The topological polar surface area (TPSA) is 12.4 Å². The summed E-state index contributed by atoms with van der Waals surface area (Å²) < 4.78 is 0.209. The summed E-state index contributed by atoms with van der Waals surface area (Å²) in [6.45, 7) is 10.8. The lowest BCUT2D eigenvalue weighted by Crippen LogP contribution is -2.20. The van der Waals surface area contributed by atoms with Crippen molar-refractivity contribution in [2.75, 3.05) is 5.75 Å². The van der Waals surface area contributed by atoms with Gasteiger partial charge in [0.1, 0.15) is 0 Å². The smallest absolute Gasteiger partial charge is 0.0480 e. The third-order valence-corrected chi connectivity index (χ3v) is 3.20. The molecule has 0 aromatic heterocycles. The third-order valence-electron chi connectivity index (χ3n) is 1.86. The standard InChI is InChI=1S/C11H21NS/c1-6-11(5,13-7-2)9-12-8-10(3)4/h8-9H,6-7H2,1-5H3. The van der Waals surface area contributed by atoms with Crippen LogP contribution in [0.3, 0.4) is 0 Å². The van der Waals surface area contributed by atoms with E-state index in [2.05, 4.69) is 45.8 Å². The Kier molecular flexibility index (Phi) is 6.13. The van der Waals surface area contributed by atoms with E-state index in [-0.39, 0.29) is 4.75 Å². The highest BCUT2D eigenvalue weighted by Gasteiger charge is 2.18. The Balaban J connectivity index is 4.25. The lowest BCUT2D eigenvalue weighted by atomic mass is 10.1. The van der Waals surface area contributed by atoms with E-state index in [0.717, 1.165) is 12.2 Å². The van der Waals surface area contributed by atoms with Gasteiger partial charge in [-0.25, -0.2) is 0 Å². The fourth-order valence-electron chi connectivity index (χ4n) is 0.904. The molecule has 0 spiro atoms. The highest BCUT2D eigenvalue weighted by Crippen LogP contribution is 2.26. The molecule has 0 aliphatic rings. The maximum absolute atomic E-state index is 4.32. The molecule has 0 radical (unpaired) electrons. The van der Waals surface area contributed by atoms with Gasteiger partial charge in [-0.3, -0.25) is 4.99 Å². The predicted octanol–water partition coefficient (Wildman–Crippen LogP) is 3.90. The maximum Gasteiger partial charge on any atom is 0.0480 e. The molecule has 0 aliphatic carbocycles. The van der Waals surface area contributed by atoms with E-state index < -0.39 is 0 Å². The molecule has 0 saturated carbocycles. The first-order valence-corrected chi connectivity index (χ1v) is 5.84. The first-order valence-electron chi connectivity index (χ1n) is 4.85. The predicted molar refractivity (Wildman–Crippen MR) is 64.8 cm³/mol. The second-order valence-electron chi connectivity index (χ2n) is 3.58. The highest BCUT2D eigenvalue weighted by molar-refractivity contribution is 8.01. The molecule has 1 atom stereocenters. The first-order chi connectivity index (χ1) is 6.04. The molecule has 0 N–H and O–H groups in total. The van der Waals surface area contributed by atoms with Crippen molar-refractivity contribution >= 4 is 18.0 Å². The zero-order valence-corrected chi connectivity index (χ0v) is 10.2. The molecular weight excluding hydrogens is 178 g/mol. The average Bonchev–Trinajstić information content (AvgIpc) is 2.04. The van der Waals surface area contributed by atoms with Crippen molar-refractivity contribution in [3.8, 4) is 0 Å². The third kappa shape index (κ3) is 5.92. The summed E-state index contributed by atoms with van der Waals surface area (Å²) in [7, 11) is 0. The summed E-state index contributed by atoms with van der Waals surface area (Å²) in [6.07, 6.45) is 5.11.